The van der Waals surface area contributed by atoms with Crippen molar-refractivity contribution in [1.82, 2.24) is 4.98 Å². The van der Waals surface area contributed by atoms with E-state index in [4.69, 9.17) is 21.4 Å². The number of ether oxygens (including phenoxy) is 1. The van der Waals surface area contributed by atoms with Crippen LogP contribution >= 0.6 is 11.6 Å². The van der Waals surface area contributed by atoms with Crippen LogP contribution in [0.15, 0.2) is 12.3 Å². The van der Waals surface area contributed by atoms with Gasteiger partial charge >= 0.3 is 5.97 Å². The molecule has 1 aliphatic heterocycles. The van der Waals surface area contributed by atoms with Gasteiger partial charge in [-0.05, 0) is 18.9 Å². The number of carboxylic acid groups (broad SMARTS) is 1. The maximum Gasteiger partial charge on any atom is 0.337 e. The van der Waals surface area contributed by atoms with E-state index >= 15 is 0 Å². The first-order valence-electron chi connectivity index (χ1n) is 5.40. The number of carbonyl (C=O) groups is 1. The molecule has 0 atom stereocenters. The number of aromatic carboxylic acids is 1. The summed E-state index contributed by atoms with van der Waals surface area (Å²) in [5, 5.41) is 12.3. The van der Waals surface area contributed by atoms with Gasteiger partial charge in [0.25, 0.3) is 0 Å². The fraction of sp³-hybridized carbons (Fsp3) is 0.455. The molecular weight excluding hydrogens is 244 g/mol. The molecule has 0 spiro atoms. The molecule has 17 heavy (non-hydrogen) atoms. The largest absolute Gasteiger partial charge is 0.478 e. The number of halogens is 1. The molecule has 5 nitrogen and oxygen atoms in total. The molecule has 6 heteroatoms. The van der Waals surface area contributed by atoms with Gasteiger partial charge in [0.1, 0.15) is 5.82 Å². The summed E-state index contributed by atoms with van der Waals surface area (Å²) in [6.45, 7) is 1.40. The van der Waals surface area contributed by atoms with E-state index in [-0.39, 0.29) is 16.6 Å². The minimum atomic E-state index is -1.05. The summed E-state index contributed by atoms with van der Waals surface area (Å²) >= 11 is 5.99. The number of hydrogen-bond acceptors (Lipinski definition) is 4. The average molecular weight is 257 g/mol. The highest BCUT2D eigenvalue weighted by molar-refractivity contribution is 6.35. The fourth-order valence-electron chi connectivity index (χ4n) is 1.74. The molecule has 0 bridgehead atoms. The third-order valence-electron chi connectivity index (χ3n) is 2.68. The van der Waals surface area contributed by atoms with Gasteiger partial charge in [-0.2, -0.15) is 0 Å². The molecule has 0 aromatic carbocycles. The Labute approximate surface area is 104 Å². The van der Waals surface area contributed by atoms with Crippen molar-refractivity contribution in [3.63, 3.8) is 0 Å². The lowest BCUT2D eigenvalue weighted by atomic mass is 10.1. The highest BCUT2D eigenvalue weighted by atomic mass is 35.5. The van der Waals surface area contributed by atoms with E-state index in [1.807, 2.05) is 0 Å². The van der Waals surface area contributed by atoms with Crippen LogP contribution in [0.3, 0.4) is 0 Å². The second-order valence-corrected chi connectivity index (χ2v) is 4.24. The first-order valence-corrected chi connectivity index (χ1v) is 5.78. The molecule has 1 aromatic heterocycles. The van der Waals surface area contributed by atoms with E-state index in [2.05, 4.69) is 10.3 Å². The van der Waals surface area contributed by atoms with Crippen LogP contribution in [0.25, 0.3) is 0 Å². The van der Waals surface area contributed by atoms with Gasteiger partial charge in [0.05, 0.1) is 10.6 Å². The van der Waals surface area contributed by atoms with E-state index in [1.54, 1.807) is 0 Å². The van der Waals surface area contributed by atoms with Crippen LogP contribution in [0.2, 0.25) is 5.02 Å². The lowest BCUT2D eigenvalue weighted by Crippen LogP contribution is -2.28. The number of nitrogens with zero attached hydrogens (tertiary/aromatic N) is 1. The van der Waals surface area contributed by atoms with Crippen LogP contribution in [0.5, 0.6) is 0 Å². The summed E-state index contributed by atoms with van der Waals surface area (Å²) in [5.74, 6) is -0.620. The van der Waals surface area contributed by atoms with Crippen LogP contribution in [0.4, 0.5) is 5.82 Å². The zero-order chi connectivity index (χ0) is 12.3. The predicted octanol–water partition coefficient (Wildman–Crippen LogP) is 2.02. The molecule has 2 N–H and O–H groups in total. The molecule has 0 radical (unpaired) electrons. The molecule has 0 amide bonds. The first kappa shape index (κ1) is 12.1. The van der Waals surface area contributed by atoms with Crippen molar-refractivity contribution >= 4 is 23.4 Å². The Morgan fingerprint density at radius 2 is 2.24 bits per heavy atom. The number of carboxylic acids is 1. The van der Waals surface area contributed by atoms with E-state index in [0.717, 1.165) is 12.8 Å². The number of hydrogen-bond donors (Lipinski definition) is 2. The zero-order valence-electron chi connectivity index (χ0n) is 9.15. The second-order valence-electron chi connectivity index (χ2n) is 3.86. The number of aromatic nitrogens is 1. The van der Waals surface area contributed by atoms with Gasteiger partial charge < -0.3 is 15.2 Å². The minimum Gasteiger partial charge on any atom is -0.478 e. The van der Waals surface area contributed by atoms with Gasteiger partial charge in [-0.1, -0.05) is 11.6 Å². The molecule has 1 saturated heterocycles. The maximum absolute atomic E-state index is 10.9. The Kier molecular flexibility index (Phi) is 3.81. The summed E-state index contributed by atoms with van der Waals surface area (Å²) in [5.41, 5.74) is 0.0660. The van der Waals surface area contributed by atoms with Gasteiger partial charge in [0.2, 0.25) is 0 Å². The normalized spacial score (nSPS) is 16.8. The number of rotatable bonds is 3. The average Bonchev–Trinajstić information content (AvgIpc) is 2.33. The van der Waals surface area contributed by atoms with Crippen LogP contribution < -0.4 is 5.32 Å². The Hall–Kier alpha value is -1.33. The highest BCUT2D eigenvalue weighted by Crippen LogP contribution is 2.25. The van der Waals surface area contributed by atoms with Crippen molar-refractivity contribution < 1.29 is 14.6 Å². The van der Waals surface area contributed by atoms with Crippen molar-refractivity contribution in [2.45, 2.75) is 18.9 Å². The lowest BCUT2D eigenvalue weighted by molar-refractivity contribution is 0.0697. The Balaban J connectivity index is 2.15. The van der Waals surface area contributed by atoms with Crippen molar-refractivity contribution in [3.8, 4) is 0 Å². The van der Waals surface area contributed by atoms with E-state index in [0.29, 0.717) is 19.0 Å². The smallest absolute Gasteiger partial charge is 0.337 e. The topological polar surface area (TPSA) is 71.5 Å². The van der Waals surface area contributed by atoms with Crippen LogP contribution in [0, 0.1) is 0 Å². The molecule has 2 rings (SSSR count). The molecule has 0 saturated carbocycles. The second kappa shape index (κ2) is 5.33. The Bertz CT molecular complexity index is 419. The fourth-order valence-corrected chi connectivity index (χ4v) is 1.99. The van der Waals surface area contributed by atoms with Gasteiger partial charge in [0, 0.05) is 25.5 Å². The zero-order valence-corrected chi connectivity index (χ0v) is 9.91. The van der Waals surface area contributed by atoms with Crippen molar-refractivity contribution in [3.05, 3.63) is 22.8 Å². The summed E-state index contributed by atoms with van der Waals surface area (Å²) in [6, 6.07) is 1.62. The van der Waals surface area contributed by atoms with Crippen molar-refractivity contribution in [2.24, 2.45) is 0 Å². The van der Waals surface area contributed by atoms with E-state index in [9.17, 15) is 4.79 Å². The maximum atomic E-state index is 10.9. The summed E-state index contributed by atoms with van der Waals surface area (Å²) in [4.78, 5) is 15.0. The summed E-state index contributed by atoms with van der Waals surface area (Å²) in [7, 11) is 0. The Morgan fingerprint density at radius 1 is 1.53 bits per heavy atom. The summed E-state index contributed by atoms with van der Waals surface area (Å²) < 4.78 is 5.24. The molecule has 2 heterocycles. The summed E-state index contributed by atoms with van der Waals surface area (Å²) in [6.07, 6.45) is 3.18. The molecular formula is C11H13ClN2O3. The molecule has 1 aromatic rings. The number of nitrogens with one attached hydrogen (secondary N) is 1. The third-order valence-corrected chi connectivity index (χ3v) is 3.06. The van der Waals surface area contributed by atoms with Crippen LogP contribution in [-0.2, 0) is 4.74 Å². The molecule has 1 fully saturated rings. The number of anilines is 1. The van der Waals surface area contributed by atoms with Gasteiger partial charge in [-0.3, -0.25) is 0 Å². The van der Waals surface area contributed by atoms with Crippen molar-refractivity contribution in [1.29, 1.82) is 0 Å². The van der Waals surface area contributed by atoms with Gasteiger partial charge in [0.15, 0.2) is 0 Å². The molecule has 92 valence electrons. The predicted molar refractivity (Wildman–Crippen MR) is 63.7 cm³/mol. The molecule has 0 aliphatic carbocycles. The molecule has 1 aliphatic rings. The number of pyridine rings is 1. The van der Waals surface area contributed by atoms with E-state index < -0.39 is 5.97 Å². The van der Waals surface area contributed by atoms with E-state index in [1.165, 1.54) is 12.3 Å². The quantitative estimate of drug-likeness (QED) is 0.866. The van der Waals surface area contributed by atoms with Crippen LogP contribution in [0.1, 0.15) is 23.2 Å². The lowest BCUT2D eigenvalue weighted by Gasteiger charge is -2.24. The minimum absolute atomic E-state index is 0.0660. The Morgan fingerprint density at radius 3 is 2.88 bits per heavy atom. The monoisotopic (exact) mass is 256 g/mol. The van der Waals surface area contributed by atoms with Crippen LogP contribution in [-0.4, -0.2) is 35.3 Å². The van der Waals surface area contributed by atoms with Gasteiger partial charge in [-0.15, -0.1) is 0 Å². The van der Waals surface area contributed by atoms with Crippen molar-refractivity contribution in [2.75, 3.05) is 18.5 Å². The SMILES string of the molecule is O=C(O)c1ccnc(NC2CCOCC2)c1Cl. The first-order chi connectivity index (χ1) is 8.18. The van der Waals surface area contributed by atoms with Gasteiger partial charge in [-0.25, -0.2) is 9.78 Å². The molecule has 0 unspecified atom stereocenters. The third kappa shape index (κ3) is 2.87. The highest BCUT2D eigenvalue weighted by Gasteiger charge is 2.18. The standard InChI is InChI=1S/C11H13ClN2O3/c12-9-8(11(15)16)1-4-13-10(9)14-7-2-5-17-6-3-7/h1,4,7H,2-3,5-6H2,(H,13,14)(H,15,16).